The van der Waals surface area contributed by atoms with Gasteiger partial charge in [0.2, 0.25) is 0 Å². The minimum atomic E-state index is -0.691. The summed E-state index contributed by atoms with van der Waals surface area (Å²) in [7, 11) is 0. The summed E-state index contributed by atoms with van der Waals surface area (Å²) in [5, 5.41) is 0.432. The van der Waals surface area contributed by atoms with Crippen molar-refractivity contribution in [1.29, 1.82) is 0 Å². The van der Waals surface area contributed by atoms with E-state index in [-0.39, 0.29) is 29.5 Å². The van der Waals surface area contributed by atoms with Crippen molar-refractivity contribution in [3.05, 3.63) is 117 Å². The average Bonchev–Trinajstić information content (AvgIpc) is 3.04. The van der Waals surface area contributed by atoms with Gasteiger partial charge >= 0.3 is 0 Å². The third-order valence-corrected chi connectivity index (χ3v) is 6.92. The van der Waals surface area contributed by atoms with Crippen LogP contribution in [0.4, 0.5) is 8.78 Å². The lowest BCUT2D eigenvalue weighted by molar-refractivity contribution is 0.101. The van der Waals surface area contributed by atoms with E-state index in [1.54, 1.807) is 25.3 Å². The number of rotatable bonds is 6. The Hall–Kier alpha value is -3.77. The Balaban J connectivity index is 1.57. The molecule has 0 fully saturated rings. The minimum Gasteiger partial charge on any atom is -0.295 e. The van der Waals surface area contributed by atoms with Crippen molar-refractivity contribution in [2.75, 3.05) is 0 Å². The van der Waals surface area contributed by atoms with E-state index >= 15 is 0 Å². The lowest BCUT2D eigenvalue weighted by atomic mass is 9.93. The van der Waals surface area contributed by atoms with Gasteiger partial charge in [0.25, 0.3) is 0 Å². The summed E-state index contributed by atoms with van der Waals surface area (Å²) in [4.78, 5) is 25.8. The van der Waals surface area contributed by atoms with Crippen LogP contribution in [-0.4, -0.2) is 21.5 Å². The van der Waals surface area contributed by atoms with Gasteiger partial charge in [0.1, 0.15) is 17.5 Å². The number of nitrogens with zero attached hydrogens (tertiary/aromatic N) is 3. The van der Waals surface area contributed by atoms with E-state index in [0.717, 1.165) is 17.5 Å². The average molecular weight is 516 g/mol. The topological polar surface area (TPSA) is 55.2 Å². The fourth-order valence-electron chi connectivity index (χ4n) is 4.65. The molecule has 0 saturated heterocycles. The minimum absolute atomic E-state index is 0.0308. The molecule has 4 aromatic rings. The van der Waals surface area contributed by atoms with E-state index in [0.29, 0.717) is 39.7 Å². The first kappa shape index (κ1) is 24.9. The van der Waals surface area contributed by atoms with E-state index in [1.165, 1.54) is 18.2 Å². The van der Waals surface area contributed by atoms with Crippen molar-refractivity contribution in [3.63, 3.8) is 0 Å². The number of carbonyl (C=O) groups excluding carboxylic acids is 1. The second-order valence-corrected chi connectivity index (χ2v) is 9.55. The first-order chi connectivity index (χ1) is 17.9. The number of hydrogen-bond donors (Lipinski definition) is 0. The summed E-state index contributed by atoms with van der Waals surface area (Å²) in [6.45, 7) is 3.81. The first-order valence-corrected chi connectivity index (χ1v) is 12.5. The van der Waals surface area contributed by atoms with E-state index < -0.39 is 11.6 Å². The summed E-state index contributed by atoms with van der Waals surface area (Å²) < 4.78 is 29.6. The van der Waals surface area contributed by atoms with Gasteiger partial charge in [-0.25, -0.2) is 18.7 Å². The standard InChI is InChI=1S/C30H24ClF2N3O/c1-3-19(13-18-7-9-20(10-8-18)17(2)37)30-35-16-21-15-34-29(27-25(32)5-4-6-26(27)33)24-14-22(31)11-12-23(24)28(21)36-30/h4-12,14,16,19H,3,13,15H2,1-2H3. The highest BCUT2D eigenvalue weighted by Crippen LogP contribution is 2.35. The van der Waals surface area contributed by atoms with E-state index in [9.17, 15) is 13.6 Å². The van der Waals surface area contributed by atoms with Gasteiger partial charge in [-0.15, -0.1) is 0 Å². The fourth-order valence-corrected chi connectivity index (χ4v) is 4.82. The summed E-state index contributed by atoms with van der Waals surface area (Å²) in [5.41, 5.74) is 4.43. The molecule has 1 aliphatic heterocycles. The molecule has 3 aromatic carbocycles. The van der Waals surface area contributed by atoms with Crippen LogP contribution < -0.4 is 0 Å². The van der Waals surface area contributed by atoms with E-state index in [4.69, 9.17) is 16.6 Å². The molecule has 4 nitrogen and oxygen atoms in total. The van der Waals surface area contributed by atoms with Crippen molar-refractivity contribution < 1.29 is 13.6 Å². The summed E-state index contributed by atoms with van der Waals surface area (Å²) in [6.07, 6.45) is 3.27. The zero-order valence-electron chi connectivity index (χ0n) is 20.4. The highest BCUT2D eigenvalue weighted by atomic mass is 35.5. The Morgan fingerprint density at radius 3 is 2.43 bits per heavy atom. The fraction of sp³-hybridized carbons (Fsp3) is 0.200. The molecule has 1 unspecified atom stereocenters. The van der Waals surface area contributed by atoms with Crippen LogP contribution in [0.25, 0.3) is 11.3 Å². The van der Waals surface area contributed by atoms with Gasteiger partial charge in [0, 0.05) is 39.4 Å². The normalized spacial score (nSPS) is 13.3. The van der Waals surface area contributed by atoms with Crippen LogP contribution >= 0.6 is 11.6 Å². The number of fused-ring (bicyclic) bond motifs is 3. The Kier molecular flexibility index (Phi) is 6.94. The van der Waals surface area contributed by atoms with Crippen LogP contribution in [0.15, 0.2) is 71.9 Å². The molecule has 37 heavy (non-hydrogen) atoms. The molecule has 7 heteroatoms. The molecule has 1 atom stereocenters. The second-order valence-electron chi connectivity index (χ2n) is 9.12. The number of Topliss-reactive ketones (excluding diaryl/α,β-unsaturated/α-hetero) is 1. The molecule has 0 amide bonds. The molecule has 0 N–H and O–H groups in total. The van der Waals surface area contributed by atoms with Gasteiger partial charge in [-0.3, -0.25) is 9.79 Å². The maximum Gasteiger partial charge on any atom is 0.159 e. The molecule has 0 aliphatic carbocycles. The van der Waals surface area contributed by atoms with Gasteiger partial charge in [-0.2, -0.15) is 0 Å². The number of aromatic nitrogens is 2. The molecule has 0 spiro atoms. The number of aliphatic imine (C=N–C) groups is 1. The van der Waals surface area contributed by atoms with Crippen LogP contribution in [0.2, 0.25) is 5.02 Å². The molecule has 1 aliphatic rings. The number of halogens is 3. The van der Waals surface area contributed by atoms with Crippen LogP contribution in [0.5, 0.6) is 0 Å². The van der Waals surface area contributed by atoms with Crippen molar-refractivity contribution in [2.24, 2.45) is 4.99 Å². The molecule has 0 bridgehead atoms. The van der Waals surface area contributed by atoms with Gasteiger partial charge in [0.05, 0.1) is 23.5 Å². The number of hydrogen-bond acceptors (Lipinski definition) is 4. The monoisotopic (exact) mass is 515 g/mol. The molecule has 1 aromatic heterocycles. The third kappa shape index (κ3) is 4.94. The molecule has 2 heterocycles. The molecule has 5 rings (SSSR count). The molecular formula is C30H24ClF2N3O. The van der Waals surface area contributed by atoms with Gasteiger partial charge in [-0.05, 0) is 49.6 Å². The summed E-state index contributed by atoms with van der Waals surface area (Å²) in [6, 6.07) is 16.6. The first-order valence-electron chi connectivity index (χ1n) is 12.1. The van der Waals surface area contributed by atoms with E-state index in [2.05, 4.69) is 16.9 Å². The largest absolute Gasteiger partial charge is 0.295 e. The van der Waals surface area contributed by atoms with Crippen LogP contribution in [0.1, 0.15) is 64.6 Å². The lowest BCUT2D eigenvalue weighted by Gasteiger charge is -2.17. The van der Waals surface area contributed by atoms with Crippen LogP contribution in [-0.2, 0) is 13.0 Å². The van der Waals surface area contributed by atoms with Crippen LogP contribution in [0.3, 0.4) is 0 Å². The number of carbonyl (C=O) groups is 1. The summed E-state index contributed by atoms with van der Waals surface area (Å²) in [5.74, 6) is -0.632. The predicted octanol–water partition coefficient (Wildman–Crippen LogP) is 7.37. The maximum absolute atomic E-state index is 14.8. The SMILES string of the molecule is CCC(Cc1ccc(C(C)=O)cc1)c1ncc2c(n1)-c1ccc(Cl)cc1C(c1c(F)cccc1F)=NC2. The lowest BCUT2D eigenvalue weighted by Crippen LogP contribution is -2.11. The van der Waals surface area contributed by atoms with Crippen molar-refractivity contribution in [1.82, 2.24) is 9.97 Å². The highest BCUT2D eigenvalue weighted by molar-refractivity contribution is 6.31. The molecule has 186 valence electrons. The Labute approximate surface area is 219 Å². The Morgan fingerprint density at radius 2 is 1.76 bits per heavy atom. The zero-order chi connectivity index (χ0) is 26.1. The molecule has 0 radical (unpaired) electrons. The zero-order valence-corrected chi connectivity index (χ0v) is 21.2. The summed E-state index contributed by atoms with van der Waals surface area (Å²) >= 11 is 6.32. The van der Waals surface area contributed by atoms with Crippen molar-refractivity contribution in [3.8, 4) is 11.3 Å². The molecular weight excluding hydrogens is 492 g/mol. The second kappa shape index (κ2) is 10.3. The quantitative estimate of drug-likeness (QED) is 0.252. The number of ketones is 1. The smallest absolute Gasteiger partial charge is 0.159 e. The Morgan fingerprint density at radius 1 is 1.03 bits per heavy atom. The van der Waals surface area contributed by atoms with E-state index in [1.807, 2.05) is 30.3 Å². The third-order valence-electron chi connectivity index (χ3n) is 6.68. The van der Waals surface area contributed by atoms with Crippen LogP contribution in [0, 0.1) is 11.6 Å². The Bertz CT molecular complexity index is 1510. The van der Waals surface area contributed by atoms with Gasteiger partial charge in [0.15, 0.2) is 5.78 Å². The molecule has 0 saturated carbocycles. The highest BCUT2D eigenvalue weighted by Gasteiger charge is 2.26. The van der Waals surface area contributed by atoms with Gasteiger partial charge in [-0.1, -0.05) is 54.9 Å². The predicted molar refractivity (Wildman–Crippen MR) is 141 cm³/mol. The van der Waals surface area contributed by atoms with Gasteiger partial charge < -0.3 is 0 Å². The van der Waals surface area contributed by atoms with Crippen molar-refractivity contribution >= 4 is 23.1 Å². The number of benzene rings is 3. The van der Waals surface area contributed by atoms with Crippen molar-refractivity contribution in [2.45, 2.75) is 39.2 Å². The maximum atomic E-state index is 14.8.